The Kier molecular flexibility index (Phi) is 5.16. The lowest BCUT2D eigenvalue weighted by Gasteiger charge is -2.59. The maximum absolute atomic E-state index is 13.6. The molecule has 4 aliphatic rings. The molecule has 0 aromatic heterocycles. The molecule has 4 saturated carbocycles. The van der Waals surface area contributed by atoms with Crippen LogP contribution < -0.4 is 0 Å². The molecule has 162 valence electrons. The smallest absolute Gasteiger partial charge is 0.165 e. The third kappa shape index (κ3) is 3.05. The fourth-order valence-electron chi connectivity index (χ4n) is 7.85. The molecule has 0 amide bonds. The van der Waals surface area contributed by atoms with Gasteiger partial charge in [-0.05, 0) is 104 Å². The largest absolute Gasteiger partial charge is 0.393 e. The topological polar surface area (TPSA) is 37.3 Å². The van der Waals surface area contributed by atoms with Gasteiger partial charge in [0.25, 0.3) is 0 Å². The summed E-state index contributed by atoms with van der Waals surface area (Å²) in [5.74, 6) is 2.70. The molecule has 1 aromatic rings. The van der Waals surface area contributed by atoms with Crippen LogP contribution in [0.15, 0.2) is 23.8 Å². The summed E-state index contributed by atoms with van der Waals surface area (Å²) in [6.45, 7) is 4.71. The lowest BCUT2D eigenvalue weighted by molar-refractivity contribution is -0.141. The number of hydrogen-bond acceptors (Lipinski definition) is 2. The van der Waals surface area contributed by atoms with E-state index in [1.807, 2.05) is 18.2 Å². The zero-order valence-corrected chi connectivity index (χ0v) is 19.5. The Morgan fingerprint density at radius 2 is 1.87 bits per heavy atom. The maximum atomic E-state index is 13.6. The van der Waals surface area contributed by atoms with Crippen molar-refractivity contribution in [2.24, 2.45) is 34.5 Å². The molecule has 1 aromatic carbocycles. The third-order valence-corrected chi connectivity index (χ3v) is 10.4. The van der Waals surface area contributed by atoms with Gasteiger partial charge < -0.3 is 5.11 Å². The van der Waals surface area contributed by atoms with Crippen LogP contribution >= 0.6 is 23.2 Å². The molecule has 0 aliphatic heterocycles. The monoisotopic (exact) mass is 446 g/mol. The number of carbonyl (C=O) groups is 1. The molecule has 7 unspecified atom stereocenters. The summed E-state index contributed by atoms with van der Waals surface area (Å²) in [5, 5.41) is 11.3. The predicted octanol–water partition coefficient (Wildman–Crippen LogP) is 6.96. The fraction of sp³-hybridized carbons (Fsp3) is 0.654. The van der Waals surface area contributed by atoms with Crippen LogP contribution in [0.5, 0.6) is 0 Å². The SMILES string of the molecule is CC12CCC3C(CCC4CC(O)CCC43C)C1CC(=Cc1cccc(Cl)c1Cl)C2=O. The number of rotatable bonds is 1. The second-order valence-electron chi connectivity index (χ2n) is 10.9. The van der Waals surface area contributed by atoms with Gasteiger partial charge in [-0.2, -0.15) is 0 Å². The minimum atomic E-state index is -0.241. The van der Waals surface area contributed by atoms with Gasteiger partial charge in [-0.1, -0.05) is 49.2 Å². The number of allylic oxidation sites excluding steroid dienone is 1. The Bertz CT molecular complexity index is 908. The van der Waals surface area contributed by atoms with E-state index in [0.29, 0.717) is 44.9 Å². The van der Waals surface area contributed by atoms with E-state index in [0.717, 1.165) is 49.7 Å². The summed E-state index contributed by atoms with van der Waals surface area (Å²) in [4.78, 5) is 13.6. The third-order valence-electron chi connectivity index (χ3n) is 9.59. The second kappa shape index (κ2) is 7.36. The number of aliphatic hydroxyl groups is 1. The first-order valence-corrected chi connectivity index (χ1v) is 12.4. The molecule has 5 rings (SSSR count). The Balaban J connectivity index is 1.46. The summed E-state index contributed by atoms with van der Waals surface area (Å²) in [5.41, 5.74) is 1.87. The number of Topliss-reactive ketones (excluding diaryl/α,β-unsaturated/α-hetero) is 1. The van der Waals surface area contributed by atoms with Crippen LogP contribution in [0.25, 0.3) is 6.08 Å². The lowest BCUT2D eigenvalue weighted by Crippen LogP contribution is -2.54. The standard InChI is InChI=1S/C26H32Cl2O2/c1-25-10-8-18(29)14-17(25)6-7-19-20(25)9-11-26(2)21(19)13-16(24(26)30)12-15-4-3-5-22(27)23(15)28/h3-5,12,17-21,29H,6-11,13-14H2,1-2H3. The highest BCUT2D eigenvalue weighted by Gasteiger charge is 2.61. The minimum Gasteiger partial charge on any atom is -0.393 e. The highest BCUT2D eigenvalue weighted by atomic mass is 35.5. The van der Waals surface area contributed by atoms with Crippen molar-refractivity contribution in [3.05, 3.63) is 39.4 Å². The molecule has 4 fully saturated rings. The summed E-state index contributed by atoms with van der Waals surface area (Å²) in [6, 6.07) is 5.62. The van der Waals surface area contributed by atoms with Crippen LogP contribution in [0.2, 0.25) is 10.0 Å². The summed E-state index contributed by atoms with van der Waals surface area (Å²) in [7, 11) is 0. The highest BCUT2D eigenvalue weighted by Crippen LogP contribution is 2.66. The molecule has 0 heterocycles. The predicted molar refractivity (Wildman–Crippen MR) is 123 cm³/mol. The Morgan fingerprint density at radius 3 is 2.67 bits per heavy atom. The van der Waals surface area contributed by atoms with Crippen molar-refractivity contribution in [2.75, 3.05) is 0 Å². The molecule has 0 radical (unpaired) electrons. The van der Waals surface area contributed by atoms with Gasteiger partial charge in [0.1, 0.15) is 0 Å². The quantitative estimate of drug-likeness (QED) is 0.473. The van der Waals surface area contributed by atoms with Crippen LogP contribution in [-0.4, -0.2) is 17.0 Å². The number of carbonyl (C=O) groups excluding carboxylic acids is 1. The first kappa shape index (κ1) is 21.0. The van der Waals surface area contributed by atoms with Crippen molar-refractivity contribution >= 4 is 35.1 Å². The van der Waals surface area contributed by atoms with Gasteiger partial charge in [0, 0.05) is 5.41 Å². The number of aliphatic hydroxyl groups excluding tert-OH is 1. The number of fused-ring (bicyclic) bond motifs is 5. The Hall–Kier alpha value is -0.830. The lowest BCUT2D eigenvalue weighted by atomic mass is 9.45. The number of benzene rings is 1. The molecule has 0 bridgehead atoms. The van der Waals surface area contributed by atoms with Gasteiger partial charge in [-0.25, -0.2) is 0 Å². The second-order valence-corrected chi connectivity index (χ2v) is 11.7. The van der Waals surface area contributed by atoms with Gasteiger partial charge in [0.2, 0.25) is 0 Å². The first-order valence-electron chi connectivity index (χ1n) is 11.6. The zero-order valence-electron chi connectivity index (χ0n) is 18.0. The van der Waals surface area contributed by atoms with Gasteiger partial charge in [0.15, 0.2) is 5.78 Å². The van der Waals surface area contributed by atoms with Crippen molar-refractivity contribution < 1.29 is 9.90 Å². The average molecular weight is 447 g/mol. The Labute approximate surface area is 190 Å². The van der Waals surface area contributed by atoms with Crippen LogP contribution in [0, 0.1) is 34.5 Å². The van der Waals surface area contributed by atoms with E-state index >= 15 is 0 Å². The van der Waals surface area contributed by atoms with Crippen molar-refractivity contribution in [2.45, 2.75) is 71.3 Å². The van der Waals surface area contributed by atoms with Crippen molar-refractivity contribution in [3.8, 4) is 0 Å². The van der Waals surface area contributed by atoms with Gasteiger partial charge in [0.05, 0.1) is 16.1 Å². The first-order chi connectivity index (χ1) is 14.2. The fourth-order valence-corrected chi connectivity index (χ4v) is 8.22. The zero-order chi connectivity index (χ0) is 21.3. The average Bonchev–Trinajstić information content (AvgIpc) is 2.97. The molecule has 0 spiro atoms. The van der Waals surface area contributed by atoms with Crippen molar-refractivity contribution in [3.63, 3.8) is 0 Å². The van der Waals surface area contributed by atoms with E-state index in [1.54, 1.807) is 6.07 Å². The van der Waals surface area contributed by atoms with E-state index in [9.17, 15) is 9.90 Å². The van der Waals surface area contributed by atoms with E-state index in [4.69, 9.17) is 23.2 Å². The summed E-state index contributed by atoms with van der Waals surface area (Å²) in [6.07, 6.45) is 10.3. The highest BCUT2D eigenvalue weighted by molar-refractivity contribution is 6.43. The van der Waals surface area contributed by atoms with E-state index in [1.165, 1.54) is 12.8 Å². The van der Waals surface area contributed by atoms with Gasteiger partial charge in [-0.3, -0.25) is 4.79 Å². The molecule has 0 saturated heterocycles. The molecular weight excluding hydrogens is 415 g/mol. The molecule has 7 atom stereocenters. The van der Waals surface area contributed by atoms with Crippen LogP contribution in [-0.2, 0) is 4.79 Å². The van der Waals surface area contributed by atoms with Crippen molar-refractivity contribution in [1.29, 1.82) is 0 Å². The van der Waals surface area contributed by atoms with E-state index in [2.05, 4.69) is 13.8 Å². The molecule has 30 heavy (non-hydrogen) atoms. The normalized spacial score (nSPS) is 44.5. The summed E-state index contributed by atoms with van der Waals surface area (Å²) >= 11 is 12.6. The molecule has 1 N–H and O–H groups in total. The molecule has 4 aliphatic carbocycles. The van der Waals surface area contributed by atoms with Gasteiger partial charge in [-0.15, -0.1) is 0 Å². The Morgan fingerprint density at radius 1 is 1.07 bits per heavy atom. The van der Waals surface area contributed by atoms with E-state index < -0.39 is 0 Å². The van der Waals surface area contributed by atoms with Crippen LogP contribution in [0.3, 0.4) is 0 Å². The maximum Gasteiger partial charge on any atom is 0.165 e. The number of ketones is 1. The number of hydrogen-bond donors (Lipinski definition) is 1. The van der Waals surface area contributed by atoms with Crippen molar-refractivity contribution in [1.82, 2.24) is 0 Å². The minimum absolute atomic E-state index is 0.112. The van der Waals surface area contributed by atoms with E-state index in [-0.39, 0.29) is 11.5 Å². The molecule has 4 heteroatoms. The van der Waals surface area contributed by atoms with Gasteiger partial charge >= 0.3 is 0 Å². The molecule has 2 nitrogen and oxygen atoms in total. The summed E-state index contributed by atoms with van der Waals surface area (Å²) < 4.78 is 0. The number of halogens is 2. The van der Waals surface area contributed by atoms with Crippen LogP contribution in [0.1, 0.15) is 70.8 Å². The van der Waals surface area contributed by atoms with Crippen LogP contribution in [0.4, 0.5) is 0 Å². The molecular formula is C26H32Cl2O2.